The number of amides is 1. The van der Waals surface area contributed by atoms with Gasteiger partial charge in [0.05, 0.1) is 16.9 Å². The van der Waals surface area contributed by atoms with Gasteiger partial charge in [0.25, 0.3) is 5.91 Å². The van der Waals surface area contributed by atoms with Crippen molar-refractivity contribution in [1.82, 2.24) is 0 Å². The molecule has 0 fully saturated rings. The van der Waals surface area contributed by atoms with Gasteiger partial charge in [-0.15, -0.1) is 0 Å². The van der Waals surface area contributed by atoms with Crippen LogP contribution in [0.3, 0.4) is 0 Å². The van der Waals surface area contributed by atoms with Crippen molar-refractivity contribution in [1.29, 1.82) is 0 Å². The van der Waals surface area contributed by atoms with Gasteiger partial charge in [-0.2, -0.15) is 0 Å². The van der Waals surface area contributed by atoms with Crippen molar-refractivity contribution in [3.05, 3.63) is 53.6 Å². The maximum atomic E-state index is 12.0. The summed E-state index contributed by atoms with van der Waals surface area (Å²) in [5.41, 5.74) is 8.24. The number of carboxylic acids is 1. The highest BCUT2D eigenvalue weighted by atomic mass is 16.4. The average Bonchev–Trinajstić information content (AvgIpc) is 2.85. The number of hydrogen-bond donors (Lipinski definition) is 3. The first-order chi connectivity index (χ1) is 11.0. The first-order valence-corrected chi connectivity index (χ1v) is 7.18. The molecule has 6 nitrogen and oxygen atoms in total. The highest BCUT2D eigenvalue weighted by Gasteiger charge is 2.26. The summed E-state index contributed by atoms with van der Waals surface area (Å²) in [7, 11) is 0. The van der Waals surface area contributed by atoms with Crippen LogP contribution in [0.15, 0.2) is 47.5 Å². The van der Waals surface area contributed by atoms with Crippen LogP contribution in [0.25, 0.3) is 0 Å². The van der Waals surface area contributed by atoms with Crippen LogP contribution in [-0.2, 0) is 4.79 Å². The standard InChI is InChI=1S/C15H11N3O3.C2H6/c16-9-4-5-12-11(7-9)13(14(19)18-12)17-10-3-1-2-8(6-10)15(20)21;1-2/h1-7H,16H2,(H,20,21)(H,17,18,19);1-2H3. The third-order valence-corrected chi connectivity index (χ3v) is 3.10. The van der Waals surface area contributed by atoms with E-state index < -0.39 is 5.97 Å². The van der Waals surface area contributed by atoms with Crippen LogP contribution in [0.4, 0.5) is 17.1 Å². The number of aliphatic imine (C=N–C) groups is 1. The van der Waals surface area contributed by atoms with E-state index in [1.165, 1.54) is 12.1 Å². The van der Waals surface area contributed by atoms with Crippen molar-refractivity contribution in [2.24, 2.45) is 4.99 Å². The monoisotopic (exact) mass is 311 g/mol. The number of anilines is 2. The molecule has 0 unspecified atom stereocenters. The van der Waals surface area contributed by atoms with Gasteiger partial charge in [0.1, 0.15) is 5.71 Å². The lowest BCUT2D eigenvalue weighted by Crippen LogP contribution is -2.14. The first kappa shape index (κ1) is 16.2. The molecule has 1 heterocycles. The summed E-state index contributed by atoms with van der Waals surface area (Å²) in [6.07, 6.45) is 0. The van der Waals surface area contributed by atoms with Crippen LogP contribution in [0.2, 0.25) is 0 Å². The number of carboxylic acid groups (broad SMARTS) is 1. The normalized spacial score (nSPS) is 13.8. The molecule has 0 aliphatic carbocycles. The predicted octanol–water partition coefficient (Wildman–Crippen LogP) is 3.07. The summed E-state index contributed by atoms with van der Waals surface area (Å²) in [5, 5.41) is 11.7. The Kier molecular flexibility index (Phi) is 4.75. The number of carbonyl (C=O) groups is 2. The smallest absolute Gasteiger partial charge is 0.335 e. The van der Waals surface area contributed by atoms with E-state index in [1.807, 2.05) is 13.8 Å². The van der Waals surface area contributed by atoms with Gasteiger partial charge in [0.15, 0.2) is 0 Å². The van der Waals surface area contributed by atoms with Crippen LogP contribution in [0, 0.1) is 0 Å². The Morgan fingerprint density at radius 2 is 1.91 bits per heavy atom. The molecule has 118 valence electrons. The molecule has 0 saturated carbocycles. The molecule has 6 heteroatoms. The second-order valence-corrected chi connectivity index (χ2v) is 4.58. The number of fused-ring (bicyclic) bond motifs is 1. The molecule has 1 amide bonds. The molecule has 0 spiro atoms. The minimum atomic E-state index is -1.04. The lowest BCUT2D eigenvalue weighted by Gasteiger charge is -2.00. The average molecular weight is 311 g/mol. The van der Waals surface area contributed by atoms with Crippen molar-refractivity contribution in [3.8, 4) is 0 Å². The van der Waals surface area contributed by atoms with Crippen LogP contribution in [0.5, 0.6) is 0 Å². The molecular formula is C17H17N3O3. The van der Waals surface area contributed by atoms with Crippen molar-refractivity contribution < 1.29 is 14.7 Å². The maximum Gasteiger partial charge on any atom is 0.335 e. The van der Waals surface area contributed by atoms with Gasteiger partial charge < -0.3 is 16.2 Å². The summed E-state index contributed by atoms with van der Waals surface area (Å²) in [4.78, 5) is 27.2. The van der Waals surface area contributed by atoms with E-state index in [0.29, 0.717) is 22.6 Å². The van der Waals surface area contributed by atoms with Gasteiger partial charge in [-0.25, -0.2) is 9.79 Å². The van der Waals surface area contributed by atoms with E-state index in [2.05, 4.69) is 10.3 Å². The number of carbonyl (C=O) groups excluding carboxylic acids is 1. The summed E-state index contributed by atoms with van der Waals surface area (Å²) in [6.45, 7) is 4.00. The molecule has 1 aliphatic heterocycles. The van der Waals surface area contributed by atoms with Gasteiger partial charge >= 0.3 is 5.97 Å². The lowest BCUT2D eigenvalue weighted by atomic mass is 10.1. The molecule has 2 aromatic carbocycles. The van der Waals surface area contributed by atoms with E-state index in [-0.39, 0.29) is 17.2 Å². The molecule has 2 aromatic rings. The van der Waals surface area contributed by atoms with Gasteiger partial charge in [-0.3, -0.25) is 4.79 Å². The predicted molar refractivity (Wildman–Crippen MR) is 90.4 cm³/mol. The van der Waals surface area contributed by atoms with Crippen LogP contribution in [-0.4, -0.2) is 22.7 Å². The maximum absolute atomic E-state index is 12.0. The Morgan fingerprint density at radius 1 is 1.17 bits per heavy atom. The van der Waals surface area contributed by atoms with Crippen molar-refractivity contribution >= 4 is 34.7 Å². The number of nitrogen functional groups attached to an aromatic ring is 1. The number of nitrogens with two attached hydrogens (primary N) is 1. The van der Waals surface area contributed by atoms with E-state index in [0.717, 1.165) is 0 Å². The fraction of sp³-hybridized carbons (Fsp3) is 0.118. The van der Waals surface area contributed by atoms with Gasteiger partial charge in [-0.1, -0.05) is 19.9 Å². The highest BCUT2D eigenvalue weighted by molar-refractivity contribution is 6.54. The van der Waals surface area contributed by atoms with Gasteiger partial charge in [0, 0.05) is 11.3 Å². The molecular weight excluding hydrogens is 294 g/mol. The second kappa shape index (κ2) is 6.74. The zero-order chi connectivity index (χ0) is 17.0. The SMILES string of the molecule is CC.Nc1ccc2c(c1)C(=Nc1cccc(C(=O)O)c1)C(=O)N2. The first-order valence-electron chi connectivity index (χ1n) is 7.18. The Labute approximate surface area is 133 Å². The molecule has 0 aromatic heterocycles. The zero-order valence-corrected chi connectivity index (χ0v) is 12.8. The minimum Gasteiger partial charge on any atom is -0.478 e. The number of benzene rings is 2. The molecule has 1 aliphatic rings. The number of hydrogen-bond acceptors (Lipinski definition) is 4. The Hall–Kier alpha value is -3.15. The Balaban J connectivity index is 0.000000924. The van der Waals surface area contributed by atoms with Crippen LogP contribution in [0.1, 0.15) is 29.8 Å². The highest BCUT2D eigenvalue weighted by Crippen LogP contribution is 2.27. The minimum absolute atomic E-state index is 0.114. The third-order valence-electron chi connectivity index (χ3n) is 3.10. The molecule has 23 heavy (non-hydrogen) atoms. The molecule has 4 N–H and O–H groups in total. The van der Waals surface area contributed by atoms with Crippen molar-refractivity contribution in [3.63, 3.8) is 0 Å². The number of nitrogens with one attached hydrogen (secondary N) is 1. The van der Waals surface area contributed by atoms with Gasteiger partial charge in [-0.05, 0) is 36.4 Å². The molecule has 3 rings (SSSR count). The van der Waals surface area contributed by atoms with Crippen molar-refractivity contribution in [2.75, 3.05) is 11.1 Å². The summed E-state index contributed by atoms with van der Waals surface area (Å²) in [5.74, 6) is -1.38. The third kappa shape index (κ3) is 3.37. The van der Waals surface area contributed by atoms with Crippen LogP contribution >= 0.6 is 0 Å². The second-order valence-electron chi connectivity index (χ2n) is 4.58. The molecule has 0 bridgehead atoms. The van der Waals surface area contributed by atoms with E-state index >= 15 is 0 Å². The fourth-order valence-electron chi connectivity index (χ4n) is 2.12. The largest absolute Gasteiger partial charge is 0.478 e. The Morgan fingerprint density at radius 3 is 2.61 bits per heavy atom. The number of rotatable bonds is 2. The van der Waals surface area contributed by atoms with Crippen molar-refractivity contribution in [2.45, 2.75) is 13.8 Å². The fourth-order valence-corrected chi connectivity index (χ4v) is 2.12. The van der Waals surface area contributed by atoms with E-state index in [4.69, 9.17) is 10.8 Å². The quantitative estimate of drug-likeness (QED) is 0.741. The lowest BCUT2D eigenvalue weighted by molar-refractivity contribution is -0.110. The number of aromatic carboxylic acids is 1. The van der Waals surface area contributed by atoms with E-state index in [1.54, 1.807) is 30.3 Å². The Bertz CT molecular complexity index is 797. The van der Waals surface area contributed by atoms with Gasteiger partial charge in [0.2, 0.25) is 0 Å². The molecule has 0 radical (unpaired) electrons. The van der Waals surface area contributed by atoms with Crippen LogP contribution < -0.4 is 11.1 Å². The topological polar surface area (TPSA) is 105 Å². The zero-order valence-electron chi connectivity index (χ0n) is 12.8. The molecule has 0 atom stereocenters. The number of nitrogens with zero attached hydrogens (tertiary/aromatic N) is 1. The van der Waals surface area contributed by atoms with E-state index in [9.17, 15) is 9.59 Å². The molecule has 0 saturated heterocycles. The summed E-state index contributed by atoms with van der Waals surface area (Å²) < 4.78 is 0. The summed E-state index contributed by atoms with van der Waals surface area (Å²) >= 11 is 0. The summed E-state index contributed by atoms with van der Waals surface area (Å²) in [6, 6.07) is 11.1.